The largest absolute Gasteiger partial charge is 0.507 e. The Bertz CT molecular complexity index is 1050. The number of hydrogen-bond donors (Lipinski definition) is 1. The van der Waals surface area contributed by atoms with Crippen LogP contribution in [-0.2, 0) is 4.79 Å². The molecule has 0 aliphatic rings. The normalized spacial score (nSPS) is 12.0. The molecule has 0 aliphatic carbocycles. The highest BCUT2D eigenvalue weighted by Crippen LogP contribution is 2.23. The second kappa shape index (κ2) is 5.00. The standard InChI is InChI=1S/C16H10O6/c1-8(17)6-12(18)10-7-11-14(22-15(10)19)9-4-2-3-5-13(9)21-16(11)20/h2-7,18H,1H3/b12-6-. The molecule has 0 saturated heterocycles. The minimum atomic E-state index is -0.849. The lowest BCUT2D eigenvalue weighted by Gasteiger charge is -2.03. The molecule has 1 aromatic carbocycles. The number of benzene rings is 1. The van der Waals surface area contributed by atoms with Gasteiger partial charge in [0.05, 0.1) is 5.39 Å². The van der Waals surface area contributed by atoms with Crippen LogP contribution < -0.4 is 11.3 Å². The summed E-state index contributed by atoms with van der Waals surface area (Å²) < 4.78 is 10.3. The average molecular weight is 298 g/mol. The highest BCUT2D eigenvalue weighted by Gasteiger charge is 2.15. The highest BCUT2D eigenvalue weighted by molar-refractivity contribution is 6.01. The molecule has 0 fully saturated rings. The van der Waals surface area contributed by atoms with Crippen LogP contribution in [0.5, 0.6) is 0 Å². The van der Waals surface area contributed by atoms with Crippen LogP contribution in [0.3, 0.4) is 0 Å². The zero-order chi connectivity index (χ0) is 15.9. The van der Waals surface area contributed by atoms with Gasteiger partial charge in [0.15, 0.2) is 11.4 Å². The van der Waals surface area contributed by atoms with Crippen LogP contribution in [0.15, 0.2) is 54.8 Å². The Balaban J connectivity index is 2.43. The summed E-state index contributed by atoms with van der Waals surface area (Å²) in [6.45, 7) is 1.22. The van der Waals surface area contributed by atoms with Crippen LogP contribution in [0.4, 0.5) is 0 Å². The zero-order valence-electron chi connectivity index (χ0n) is 11.5. The third-order valence-corrected chi connectivity index (χ3v) is 3.12. The highest BCUT2D eigenvalue weighted by atomic mass is 16.4. The molecule has 6 nitrogen and oxygen atoms in total. The van der Waals surface area contributed by atoms with Crippen molar-refractivity contribution in [3.63, 3.8) is 0 Å². The van der Waals surface area contributed by atoms with Gasteiger partial charge in [-0.05, 0) is 25.1 Å². The summed E-state index contributed by atoms with van der Waals surface area (Å²) in [6, 6.07) is 7.79. The summed E-state index contributed by atoms with van der Waals surface area (Å²) in [7, 11) is 0. The van der Waals surface area contributed by atoms with Crippen LogP contribution in [0.25, 0.3) is 27.7 Å². The van der Waals surface area contributed by atoms with Gasteiger partial charge in [0, 0.05) is 6.08 Å². The summed E-state index contributed by atoms with van der Waals surface area (Å²) in [5, 5.41) is 10.3. The summed E-state index contributed by atoms with van der Waals surface area (Å²) in [5.74, 6) is -1.00. The smallest absolute Gasteiger partial charge is 0.347 e. The van der Waals surface area contributed by atoms with E-state index in [1.54, 1.807) is 24.3 Å². The van der Waals surface area contributed by atoms with E-state index in [-0.39, 0.29) is 16.5 Å². The lowest BCUT2D eigenvalue weighted by atomic mass is 10.1. The van der Waals surface area contributed by atoms with E-state index in [1.165, 1.54) is 6.92 Å². The summed E-state index contributed by atoms with van der Waals surface area (Å²) in [5.41, 5.74) is -1.45. The Morgan fingerprint density at radius 1 is 1.09 bits per heavy atom. The van der Waals surface area contributed by atoms with Crippen molar-refractivity contribution in [3.05, 3.63) is 62.8 Å². The number of allylic oxidation sites excluding steroid dienone is 1. The number of carbonyl (C=O) groups excluding carboxylic acids is 1. The van der Waals surface area contributed by atoms with E-state index in [0.717, 1.165) is 12.1 Å². The summed E-state index contributed by atoms with van der Waals surface area (Å²) in [6.07, 6.45) is 0.876. The number of hydrogen-bond acceptors (Lipinski definition) is 6. The summed E-state index contributed by atoms with van der Waals surface area (Å²) >= 11 is 0. The van der Waals surface area contributed by atoms with Crippen molar-refractivity contribution in [2.45, 2.75) is 6.92 Å². The molecule has 22 heavy (non-hydrogen) atoms. The lowest BCUT2D eigenvalue weighted by molar-refractivity contribution is -0.112. The third kappa shape index (κ3) is 2.20. The van der Waals surface area contributed by atoms with Crippen molar-refractivity contribution >= 4 is 33.5 Å². The van der Waals surface area contributed by atoms with Gasteiger partial charge in [-0.15, -0.1) is 0 Å². The number of para-hydroxylation sites is 1. The van der Waals surface area contributed by atoms with Crippen LogP contribution in [0.2, 0.25) is 0 Å². The predicted octanol–water partition coefficient (Wildman–Crippen LogP) is 2.39. The number of fused-ring (bicyclic) bond motifs is 3. The van der Waals surface area contributed by atoms with Gasteiger partial charge in [0.1, 0.15) is 22.3 Å². The minimum Gasteiger partial charge on any atom is -0.507 e. The van der Waals surface area contributed by atoms with Gasteiger partial charge in [0.25, 0.3) is 0 Å². The third-order valence-electron chi connectivity index (χ3n) is 3.12. The molecule has 6 heteroatoms. The van der Waals surface area contributed by atoms with Crippen molar-refractivity contribution < 1.29 is 18.7 Å². The van der Waals surface area contributed by atoms with E-state index >= 15 is 0 Å². The van der Waals surface area contributed by atoms with Gasteiger partial charge >= 0.3 is 11.3 Å². The van der Waals surface area contributed by atoms with Crippen LogP contribution in [0.1, 0.15) is 12.5 Å². The molecule has 3 aromatic rings. The Morgan fingerprint density at radius 2 is 1.82 bits per heavy atom. The van der Waals surface area contributed by atoms with E-state index in [4.69, 9.17) is 8.83 Å². The maximum Gasteiger partial charge on any atom is 0.347 e. The van der Waals surface area contributed by atoms with E-state index < -0.39 is 22.8 Å². The van der Waals surface area contributed by atoms with E-state index in [0.29, 0.717) is 11.0 Å². The Morgan fingerprint density at radius 3 is 2.55 bits per heavy atom. The predicted molar refractivity (Wildman–Crippen MR) is 79.8 cm³/mol. The molecule has 0 atom stereocenters. The molecule has 0 bridgehead atoms. The first kappa shape index (κ1) is 13.8. The van der Waals surface area contributed by atoms with Crippen molar-refractivity contribution in [3.8, 4) is 0 Å². The van der Waals surface area contributed by atoms with Crippen LogP contribution in [0, 0.1) is 0 Å². The Kier molecular flexibility index (Phi) is 3.14. The molecule has 3 rings (SSSR count). The topological polar surface area (TPSA) is 97.7 Å². The van der Waals surface area contributed by atoms with Crippen LogP contribution in [-0.4, -0.2) is 10.9 Å². The molecule has 0 spiro atoms. The lowest BCUT2D eigenvalue weighted by Crippen LogP contribution is -2.10. The SMILES string of the molecule is CC(=O)/C=C(\O)c1cc2c(=O)oc3ccccc3c2oc1=O. The first-order valence-corrected chi connectivity index (χ1v) is 6.38. The minimum absolute atomic E-state index is 0.0109. The molecule has 0 aliphatic heterocycles. The molecule has 0 saturated carbocycles. The van der Waals surface area contributed by atoms with E-state index in [1.807, 2.05) is 0 Å². The number of rotatable bonds is 2. The molecule has 0 amide bonds. The van der Waals surface area contributed by atoms with Gasteiger partial charge in [-0.3, -0.25) is 4.79 Å². The average Bonchev–Trinajstić information content (AvgIpc) is 2.46. The summed E-state index contributed by atoms with van der Waals surface area (Å²) in [4.78, 5) is 35.0. The number of ketones is 1. The number of aliphatic hydroxyl groups is 1. The maximum atomic E-state index is 12.0. The fraction of sp³-hybridized carbons (Fsp3) is 0.0625. The molecular formula is C16H10O6. The van der Waals surface area contributed by atoms with Crippen molar-refractivity contribution in [1.82, 2.24) is 0 Å². The first-order valence-electron chi connectivity index (χ1n) is 6.38. The van der Waals surface area contributed by atoms with Gasteiger partial charge in [-0.1, -0.05) is 12.1 Å². The first-order chi connectivity index (χ1) is 10.5. The fourth-order valence-corrected chi connectivity index (χ4v) is 2.17. The number of carbonyl (C=O) groups is 1. The Hall–Kier alpha value is -3.15. The molecule has 2 heterocycles. The van der Waals surface area contributed by atoms with Gasteiger partial charge in [-0.2, -0.15) is 0 Å². The maximum absolute atomic E-state index is 12.0. The molecule has 0 unspecified atom stereocenters. The monoisotopic (exact) mass is 298 g/mol. The van der Waals surface area contributed by atoms with Crippen molar-refractivity contribution in [2.75, 3.05) is 0 Å². The van der Waals surface area contributed by atoms with Crippen molar-refractivity contribution in [2.24, 2.45) is 0 Å². The zero-order valence-corrected chi connectivity index (χ0v) is 11.5. The molecule has 0 radical (unpaired) electrons. The quantitative estimate of drug-likeness (QED) is 0.337. The fourth-order valence-electron chi connectivity index (χ4n) is 2.17. The molecule has 2 aromatic heterocycles. The van der Waals surface area contributed by atoms with Crippen molar-refractivity contribution in [1.29, 1.82) is 0 Å². The van der Waals surface area contributed by atoms with E-state index in [2.05, 4.69) is 0 Å². The van der Waals surface area contributed by atoms with Gasteiger partial charge in [-0.25, -0.2) is 9.59 Å². The Labute approximate surface area is 122 Å². The van der Waals surface area contributed by atoms with Gasteiger partial charge in [0.2, 0.25) is 0 Å². The molecule has 110 valence electrons. The van der Waals surface area contributed by atoms with E-state index in [9.17, 15) is 19.5 Å². The van der Waals surface area contributed by atoms with Crippen LogP contribution >= 0.6 is 0 Å². The second-order valence-corrected chi connectivity index (χ2v) is 4.72. The second-order valence-electron chi connectivity index (χ2n) is 4.72. The molecular weight excluding hydrogens is 288 g/mol. The molecule has 1 N–H and O–H groups in total. The van der Waals surface area contributed by atoms with Gasteiger partial charge < -0.3 is 13.9 Å². The number of aliphatic hydroxyl groups excluding tert-OH is 1.